The number of hydrogen-bond donors (Lipinski definition) is 1. The minimum absolute atomic E-state index is 0.456. The molecular weight excluding hydrogens is 172 g/mol. The van der Waals surface area contributed by atoms with Crippen molar-refractivity contribution in [2.24, 2.45) is 0 Å². The largest absolute Gasteiger partial charge is 0.384 e. The number of aliphatic hydroxyl groups is 1. The first-order valence-electron chi connectivity index (χ1n) is 5.15. The van der Waals surface area contributed by atoms with Crippen molar-refractivity contribution in [1.29, 1.82) is 0 Å². The van der Waals surface area contributed by atoms with E-state index in [0.717, 1.165) is 18.4 Å². The Kier molecular flexibility index (Phi) is 4.41. The lowest BCUT2D eigenvalue weighted by Crippen LogP contribution is -1.92. The van der Waals surface area contributed by atoms with Crippen LogP contribution in [0.4, 0.5) is 0 Å². The Labute approximate surface area is 86.1 Å². The molecule has 1 unspecified atom stereocenters. The minimum Gasteiger partial charge on any atom is -0.384 e. The second-order valence-electron chi connectivity index (χ2n) is 3.57. The molecule has 0 amide bonds. The standard InChI is InChI=1S/C13H18O/c1-3-4-5-6-13(14)12-9-7-11(2)8-10-12/h5-10,13-14H,3-4H2,1-2H3/b6-5+. The summed E-state index contributed by atoms with van der Waals surface area (Å²) in [5.74, 6) is 0. The molecule has 0 spiro atoms. The quantitative estimate of drug-likeness (QED) is 0.721. The molecule has 0 saturated heterocycles. The average Bonchev–Trinajstić information content (AvgIpc) is 2.19. The maximum absolute atomic E-state index is 9.75. The van der Waals surface area contributed by atoms with Gasteiger partial charge in [-0.15, -0.1) is 0 Å². The number of aliphatic hydroxyl groups excluding tert-OH is 1. The van der Waals surface area contributed by atoms with Gasteiger partial charge in [-0.2, -0.15) is 0 Å². The fraction of sp³-hybridized carbons (Fsp3) is 0.385. The van der Waals surface area contributed by atoms with Gasteiger partial charge in [0.05, 0.1) is 6.10 Å². The van der Waals surface area contributed by atoms with Crippen molar-refractivity contribution in [2.45, 2.75) is 32.8 Å². The van der Waals surface area contributed by atoms with Gasteiger partial charge < -0.3 is 5.11 Å². The molecule has 1 atom stereocenters. The van der Waals surface area contributed by atoms with Gasteiger partial charge in [0.2, 0.25) is 0 Å². The van der Waals surface area contributed by atoms with Crippen molar-refractivity contribution in [2.75, 3.05) is 0 Å². The van der Waals surface area contributed by atoms with Crippen molar-refractivity contribution in [3.63, 3.8) is 0 Å². The van der Waals surface area contributed by atoms with E-state index in [1.165, 1.54) is 5.56 Å². The molecular formula is C13H18O. The van der Waals surface area contributed by atoms with Gasteiger partial charge in [-0.25, -0.2) is 0 Å². The van der Waals surface area contributed by atoms with E-state index < -0.39 is 6.10 Å². The number of aryl methyl sites for hydroxylation is 1. The molecule has 0 aliphatic rings. The van der Waals surface area contributed by atoms with E-state index in [2.05, 4.69) is 6.92 Å². The van der Waals surface area contributed by atoms with Crippen molar-refractivity contribution in [3.05, 3.63) is 47.5 Å². The van der Waals surface area contributed by atoms with Crippen LogP contribution < -0.4 is 0 Å². The molecule has 1 nitrogen and oxygen atoms in total. The number of rotatable bonds is 4. The lowest BCUT2D eigenvalue weighted by atomic mass is 10.1. The Balaban J connectivity index is 2.60. The highest BCUT2D eigenvalue weighted by Gasteiger charge is 2.01. The van der Waals surface area contributed by atoms with Crippen LogP contribution in [0, 0.1) is 6.92 Å². The zero-order valence-corrected chi connectivity index (χ0v) is 8.90. The molecule has 0 saturated carbocycles. The second-order valence-corrected chi connectivity index (χ2v) is 3.57. The first-order chi connectivity index (χ1) is 6.74. The summed E-state index contributed by atoms with van der Waals surface area (Å²) in [6, 6.07) is 7.98. The Morgan fingerprint density at radius 1 is 1.29 bits per heavy atom. The van der Waals surface area contributed by atoms with E-state index in [1.54, 1.807) is 0 Å². The zero-order chi connectivity index (χ0) is 10.4. The maximum Gasteiger partial charge on any atom is 0.0971 e. The SMILES string of the molecule is CCC/C=C/C(O)c1ccc(C)cc1. The fourth-order valence-corrected chi connectivity index (χ4v) is 1.27. The first-order valence-corrected chi connectivity index (χ1v) is 5.15. The molecule has 1 rings (SSSR count). The van der Waals surface area contributed by atoms with Gasteiger partial charge in [0.25, 0.3) is 0 Å². The van der Waals surface area contributed by atoms with Crippen LogP contribution in [0.3, 0.4) is 0 Å². The molecule has 0 aliphatic heterocycles. The molecule has 1 heteroatoms. The molecule has 14 heavy (non-hydrogen) atoms. The van der Waals surface area contributed by atoms with E-state index in [1.807, 2.05) is 43.3 Å². The van der Waals surface area contributed by atoms with E-state index in [9.17, 15) is 5.11 Å². The third kappa shape index (κ3) is 3.35. The van der Waals surface area contributed by atoms with Crippen LogP contribution in [0.5, 0.6) is 0 Å². The third-order valence-electron chi connectivity index (χ3n) is 2.19. The molecule has 1 aromatic carbocycles. The summed E-state index contributed by atoms with van der Waals surface area (Å²) in [5.41, 5.74) is 2.18. The smallest absolute Gasteiger partial charge is 0.0971 e. The predicted molar refractivity (Wildman–Crippen MR) is 60.2 cm³/mol. The summed E-state index contributed by atoms with van der Waals surface area (Å²) in [5, 5.41) is 9.75. The molecule has 1 N–H and O–H groups in total. The van der Waals surface area contributed by atoms with Crippen molar-refractivity contribution < 1.29 is 5.11 Å². The van der Waals surface area contributed by atoms with E-state index >= 15 is 0 Å². The molecule has 0 heterocycles. The lowest BCUT2D eigenvalue weighted by molar-refractivity contribution is 0.228. The summed E-state index contributed by atoms with van der Waals surface area (Å²) >= 11 is 0. The fourth-order valence-electron chi connectivity index (χ4n) is 1.27. The maximum atomic E-state index is 9.75. The van der Waals surface area contributed by atoms with Crippen LogP contribution in [-0.4, -0.2) is 5.11 Å². The van der Waals surface area contributed by atoms with Crippen LogP contribution in [0.2, 0.25) is 0 Å². The molecule has 1 aromatic rings. The molecule has 0 aliphatic carbocycles. The molecule has 76 valence electrons. The Morgan fingerprint density at radius 2 is 1.93 bits per heavy atom. The topological polar surface area (TPSA) is 20.2 Å². The Morgan fingerprint density at radius 3 is 2.50 bits per heavy atom. The van der Waals surface area contributed by atoms with Crippen LogP contribution in [0.1, 0.15) is 37.0 Å². The molecule has 0 bridgehead atoms. The number of unbranched alkanes of at least 4 members (excludes halogenated alkanes) is 1. The normalized spacial score (nSPS) is 13.4. The van der Waals surface area contributed by atoms with Crippen LogP contribution in [0.25, 0.3) is 0 Å². The summed E-state index contributed by atoms with van der Waals surface area (Å²) < 4.78 is 0. The Hall–Kier alpha value is -1.08. The molecule has 0 fully saturated rings. The monoisotopic (exact) mass is 190 g/mol. The zero-order valence-electron chi connectivity index (χ0n) is 8.90. The number of benzene rings is 1. The van der Waals surface area contributed by atoms with Crippen molar-refractivity contribution in [1.82, 2.24) is 0 Å². The molecule has 0 aromatic heterocycles. The van der Waals surface area contributed by atoms with E-state index in [0.29, 0.717) is 0 Å². The highest BCUT2D eigenvalue weighted by atomic mass is 16.3. The highest BCUT2D eigenvalue weighted by molar-refractivity contribution is 5.25. The van der Waals surface area contributed by atoms with Crippen molar-refractivity contribution >= 4 is 0 Å². The van der Waals surface area contributed by atoms with Crippen LogP contribution >= 0.6 is 0 Å². The van der Waals surface area contributed by atoms with Gasteiger partial charge in [0.15, 0.2) is 0 Å². The Bertz CT molecular complexity index is 285. The summed E-state index contributed by atoms with van der Waals surface area (Å²) in [4.78, 5) is 0. The van der Waals surface area contributed by atoms with Gasteiger partial charge in [-0.05, 0) is 18.9 Å². The van der Waals surface area contributed by atoms with Crippen LogP contribution in [0.15, 0.2) is 36.4 Å². The minimum atomic E-state index is -0.456. The van der Waals surface area contributed by atoms with E-state index in [-0.39, 0.29) is 0 Å². The van der Waals surface area contributed by atoms with Crippen LogP contribution in [-0.2, 0) is 0 Å². The number of allylic oxidation sites excluding steroid dienone is 1. The average molecular weight is 190 g/mol. The van der Waals surface area contributed by atoms with Gasteiger partial charge in [0.1, 0.15) is 0 Å². The lowest BCUT2D eigenvalue weighted by Gasteiger charge is -2.05. The van der Waals surface area contributed by atoms with Gasteiger partial charge in [-0.1, -0.05) is 55.3 Å². The van der Waals surface area contributed by atoms with Gasteiger partial charge >= 0.3 is 0 Å². The summed E-state index contributed by atoms with van der Waals surface area (Å²) in [6.07, 6.45) is 5.58. The van der Waals surface area contributed by atoms with Gasteiger partial charge in [-0.3, -0.25) is 0 Å². The summed E-state index contributed by atoms with van der Waals surface area (Å²) in [6.45, 7) is 4.17. The molecule has 0 radical (unpaired) electrons. The first kappa shape index (κ1) is 11.0. The van der Waals surface area contributed by atoms with E-state index in [4.69, 9.17) is 0 Å². The second kappa shape index (κ2) is 5.61. The van der Waals surface area contributed by atoms with Gasteiger partial charge in [0, 0.05) is 0 Å². The predicted octanol–water partition coefficient (Wildman–Crippen LogP) is 3.38. The highest BCUT2D eigenvalue weighted by Crippen LogP contribution is 2.15. The third-order valence-corrected chi connectivity index (χ3v) is 2.19. The van der Waals surface area contributed by atoms with Crippen molar-refractivity contribution in [3.8, 4) is 0 Å². The summed E-state index contributed by atoms with van der Waals surface area (Å²) in [7, 11) is 0. The number of hydrogen-bond acceptors (Lipinski definition) is 1.